The fourth-order valence-corrected chi connectivity index (χ4v) is 1.43. The fourth-order valence-electron chi connectivity index (χ4n) is 1.18. The van der Waals surface area contributed by atoms with Gasteiger partial charge >= 0.3 is 0 Å². The third-order valence-electron chi connectivity index (χ3n) is 2.13. The van der Waals surface area contributed by atoms with E-state index in [1.165, 1.54) is 0 Å². The fraction of sp³-hybridized carbons (Fsp3) is 0.667. The molecule has 0 aliphatic rings. The molecular formula is C9H14Cl2N4O. The Morgan fingerprint density at radius 1 is 1.19 bits per heavy atom. The molecule has 7 heteroatoms. The molecular weight excluding hydrogens is 251 g/mol. The highest BCUT2D eigenvalue weighted by Crippen LogP contribution is 2.18. The number of nitrogens with zero attached hydrogens (tertiary/aromatic N) is 4. The number of hydrogen-bond acceptors (Lipinski definition) is 5. The van der Waals surface area contributed by atoms with Crippen LogP contribution in [0.1, 0.15) is 13.8 Å². The van der Waals surface area contributed by atoms with E-state index >= 15 is 0 Å². The predicted octanol–water partition coefficient (Wildman–Crippen LogP) is 1.90. The molecule has 0 N–H and O–H groups in total. The zero-order valence-electron chi connectivity index (χ0n) is 9.28. The molecule has 5 nitrogen and oxygen atoms in total. The van der Waals surface area contributed by atoms with Gasteiger partial charge in [0.25, 0.3) is 5.88 Å². The molecule has 0 atom stereocenters. The summed E-state index contributed by atoms with van der Waals surface area (Å²) in [5.74, 6) is 0.230. The van der Waals surface area contributed by atoms with Crippen molar-refractivity contribution in [2.24, 2.45) is 0 Å². The first kappa shape index (κ1) is 13.4. The topological polar surface area (TPSA) is 51.1 Å². The lowest BCUT2D eigenvalue weighted by Crippen LogP contribution is -2.28. The molecule has 0 aliphatic carbocycles. The molecule has 0 aromatic carbocycles. The van der Waals surface area contributed by atoms with Gasteiger partial charge in [0.15, 0.2) is 0 Å². The van der Waals surface area contributed by atoms with Crippen molar-refractivity contribution < 1.29 is 4.74 Å². The molecule has 1 heterocycles. The molecule has 0 unspecified atom stereocenters. The lowest BCUT2D eigenvalue weighted by molar-refractivity contribution is 0.217. The summed E-state index contributed by atoms with van der Waals surface area (Å²) in [6, 6.07) is 0. The molecule has 1 aromatic rings. The van der Waals surface area contributed by atoms with Crippen LogP contribution in [-0.4, -0.2) is 46.3 Å². The minimum atomic E-state index is 0.0299. The second kappa shape index (κ2) is 6.83. The third-order valence-corrected chi connectivity index (χ3v) is 2.53. The largest absolute Gasteiger partial charge is 0.474 e. The van der Waals surface area contributed by atoms with Crippen LogP contribution in [0.5, 0.6) is 5.88 Å². The molecule has 90 valence electrons. The number of halogens is 2. The van der Waals surface area contributed by atoms with Gasteiger partial charge < -0.3 is 9.64 Å². The maximum atomic E-state index is 5.75. The standard InChI is InChI=1S/C9H14Cl2N4O/c1-3-15(4-2)5-6-16-8-7(10)13-14-9(11)12-8/h3-6H2,1-2H3. The normalized spacial score (nSPS) is 10.8. The first-order valence-corrected chi connectivity index (χ1v) is 5.83. The lowest BCUT2D eigenvalue weighted by Gasteiger charge is -2.17. The van der Waals surface area contributed by atoms with E-state index in [-0.39, 0.29) is 16.3 Å². The molecule has 0 fully saturated rings. The smallest absolute Gasteiger partial charge is 0.256 e. The van der Waals surface area contributed by atoms with Crippen molar-refractivity contribution in [3.8, 4) is 5.88 Å². The summed E-state index contributed by atoms with van der Waals surface area (Å²) < 4.78 is 5.38. The SMILES string of the molecule is CCN(CC)CCOc1nc(Cl)nnc1Cl. The van der Waals surface area contributed by atoms with Crippen molar-refractivity contribution in [3.05, 3.63) is 10.4 Å². The zero-order valence-corrected chi connectivity index (χ0v) is 10.8. The van der Waals surface area contributed by atoms with Gasteiger partial charge in [-0.05, 0) is 24.7 Å². The van der Waals surface area contributed by atoms with Crippen LogP contribution >= 0.6 is 23.2 Å². The summed E-state index contributed by atoms with van der Waals surface area (Å²) in [4.78, 5) is 6.07. The molecule has 0 saturated carbocycles. The Morgan fingerprint density at radius 2 is 1.88 bits per heavy atom. The highest BCUT2D eigenvalue weighted by atomic mass is 35.5. The monoisotopic (exact) mass is 264 g/mol. The number of ether oxygens (including phenoxy) is 1. The van der Waals surface area contributed by atoms with E-state index in [4.69, 9.17) is 27.9 Å². The molecule has 0 spiro atoms. The maximum absolute atomic E-state index is 5.75. The van der Waals surface area contributed by atoms with Gasteiger partial charge in [0.2, 0.25) is 10.4 Å². The van der Waals surface area contributed by atoms with E-state index < -0.39 is 0 Å². The van der Waals surface area contributed by atoms with E-state index in [0.29, 0.717) is 6.61 Å². The first-order valence-electron chi connectivity index (χ1n) is 5.08. The molecule has 0 saturated heterocycles. The summed E-state index contributed by atoms with van der Waals surface area (Å²) in [6.07, 6.45) is 0. The van der Waals surface area contributed by atoms with Crippen molar-refractivity contribution in [3.63, 3.8) is 0 Å². The van der Waals surface area contributed by atoms with Gasteiger partial charge in [-0.3, -0.25) is 0 Å². The number of rotatable bonds is 6. The summed E-state index contributed by atoms with van der Waals surface area (Å²) in [6.45, 7) is 7.47. The van der Waals surface area contributed by atoms with Crippen LogP contribution in [0.25, 0.3) is 0 Å². The summed E-state index contributed by atoms with van der Waals surface area (Å²) in [5, 5.41) is 7.25. The molecule has 0 aliphatic heterocycles. The van der Waals surface area contributed by atoms with E-state index in [0.717, 1.165) is 19.6 Å². The molecule has 1 rings (SSSR count). The van der Waals surface area contributed by atoms with Crippen molar-refractivity contribution >= 4 is 23.2 Å². The second-order valence-electron chi connectivity index (χ2n) is 3.05. The average molecular weight is 265 g/mol. The van der Waals surface area contributed by atoms with Gasteiger partial charge in [0.05, 0.1) is 0 Å². The molecule has 16 heavy (non-hydrogen) atoms. The quantitative estimate of drug-likeness (QED) is 0.786. The Balaban J connectivity index is 2.45. The zero-order chi connectivity index (χ0) is 12.0. The van der Waals surface area contributed by atoms with Crippen LogP contribution in [0.2, 0.25) is 10.4 Å². The Morgan fingerprint density at radius 3 is 2.50 bits per heavy atom. The van der Waals surface area contributed by atoms with Gasteiger partial charge in [-0.15, -0.1) is 10.2 Å². The van der Waals surface area contributed by atoms with Crippen LogP contribution in [-0.2, 0) is 0 Å². The predicted molar refractivity (Wildman–Crippen MR) is 63.1 cm³/mol. The Hall–Kier alpha value is -0.650. The van der Waals surface area contributed by atoms with Gasteiger partial charge in [0.1, 0.15) is 6.61 Å². The van der Waals surface area contributed by atoms with E-state index in [2.05, 4.69) is 33.9 Å². The van der Waals surface area contributed by atoms with Crippen molar-refractivity contribution in [2.75, 3.05) is 26.2 Å². The molecule has 1 aromatic heterocycles. The van der Waals surface area contributed by atoms with Crippen LogP contribution in [0.4, 0.5) is 0 Å². The first-order chi connectivity index (χ1) is 7.67. The summed E-state index contributed by atoms with van der Waals surface area (Å²) in [5.41, 5.74) is 0. The van der Waals surface area contributed by atoms with E-state index in [1.807, 2.05) is 0 Å². The van der Waals surface area contributed by atoms with Gasteiger partial charge in [0, 0.05) is 6.54 Å². The van der Waals surface area contributed by atoms with Gasteiger partial charge in [-0.2, -0.15) is 4.98 Å². The van der Waals surface area contributed by atoms with Crippen LogP contribution < -0.4 is 4.74 Å². The Labute approximate surface area is 105 Å². The van der Waals surface area contributed by atoms with E-state index in [1.54, 1.807) is 0 Å². The van der Waals surface area contributed by atoms with Crippen molar-refractivity contribution in [1.29, 1.82) is 0 Å². The minimum absolute atomic E-state index is 0.0299. The average Bonchev–Trinajstić information content (AvgIpc) is 2.29. The molecule has 0 bridgehead atoms. The summed E-state index contributed by atoms with van der Waals surface area (Å²) >= 11 is 11.3. The van der Waals surface area contributed by atoms with Crippen molar-refractivity contribution in [2.45, 2.75) is 13.8 Å². The Kier molecular flexibility index (Phi) is 5.73. The third kappa shape index (κ3) is 4.08. The maximum Gasteiger partial charge on any atom is 0.256 e. The number of aromatic nitrogens is 3. The Bertz CT molecular complexity index is 333. The lowest BCUT2D eigenvalue weighted by atomic mass is 10.5. The van der Waals surface area contributed by atoms with Gasteiger partial charge in [-0.1, -0.05) is 25.4 Å². The number of likely N-dealkylation sites (N-methyl/N-ethyl adjacent to an activating group) is 1. The minimum Gasteiger partial charge on any atom is -0.474 e. The number of hydrogen-bond donors (Lipinski definition) is 0. The molecule has 0 radical (unpaired) electrons. The van der Waals surface area contributed by atoms with Crippen molar-refractivity contribution in [1.82, 2.24) is 20.1 Å². The second-order valence-corrected chi connectivity index (χ2v) is 3.75. The van der Waals surface area contributed by atoms with Crippen LogP contribution in [0, 0.1) is 0 Å². The van der Waals surface area contributed by atoms with Gasteiger partial charge in [-0.25, -0.2) is 0 Å². The van der Waals surface area contributed by atoms with E-state index in [9.17, 15) is 0 Å². The summed E-state index contributed by atoms with van der Waals surface area (Å²) in [7, 11) is 0. The molecule has 0 amide bonds. The highest BCUT2D eigenvalue weighted by molar-refractivity contribution is 6.31. The highest BCUT2D eigenvalue weighted by Gasteiger charge is 2.07. The van der Waals surface area contributed by atoms with Crippen LogP contribution in [0.3, 0.4) is 0 Å². The van der Waals surface area contributed by atoms with Crippen LogP contribution in [0.15, 0.2) is 0 Å².